The predicted octanol–water partition coefficient (Wildman–Crippen LogP) is 0.202. The Bertz CT molecular complexity index is 967. The van der Waals surface area contributed by atoms with Gasteiger partial charge in [0.15, 0.2) is 24.2 Å². The number of carbonyl (C=O) groups excluding carboxylic acids is 3. The van der Waals surface area contributed by atoms with Gasteiger partial charge in [0.25, 0.3) is 5.91 Å². The molecule has 0 bridgehead atoms. The van der Waals surface area contributed by atoms with Crippen LogP contribution in [0.15, 0.2) is 42.5 Å². The van der Waals surface area contributed by atoms with Crippen molar-refractivity contribution in [3.63, 3.8) is 0 Å². The fourth-order valence-electron chi connectivity index (χ4n) is 3.47. The lowest BCUT2D eigenvalue weighted by molar-refractivity contribution is -0.924. The highest BCUT2D eigenvalue weighted by Gasteiger charge is 2.37. The Morgan fingerprint density at radius 1 is 1.07 bits per heavy atom. The van der Waals surface area contributed by atoms with E-state index in [0.717, 1.165) is 28.2 Å². The van der Waals surface area contributed by atoms with Crippen molar-refractivity contribution in [1.82, 2.24) is 5.32 Å². The molecule has 1 aliphatic rings. The zero-order valence-electron chi connectivity index (χ0n) is 16.3. The first-order valence-electron chi connectivity index (χ1n) is 9.38. The molecule has 0 saturated heterocycles. The number of hydrogen-bond donors (Lipinski definition) is 3. The van der Waals surface area contributed by atoms with Crippen LogP contribution in [0.1, 0.15) is 11.1 Å². The SMILES string of the molecule is COC(=O)[C@H]1Cc2ccccc2C[NH+]1CC(=O)NCC(=O)Nc1ccc(F)c(F)c1. The van der Waals surface area contributed by atoms with Crippen molar-refractivity contribution in [2.75, 3.05) is 25.5 Å². The minimum Gasteiger partial charge on any atom is -0.465 e. The van der Waals surface area contributed by atoms with E-state index >= 15 is 0 Å². The van der Waals surface area contributed by atoms with Gasteiger partial charge in [0.2, 0.25) is 5.91 Å². The summed E-state index contributed by atoms with van der Waals surface area (Å²) in [6.45, 7) is 0.113. The van der Waals surface area contributed by atoms with Crippen molar-refractivity contribution in [2.24, 2.45) is 0 Å². The minimum atomic E-state index is -1.08. The Kier molecular flexibility index (Phi) is 6.73. The molecule has 1 aliphatic heterocycles. The van der Waals surface area contributed by atoms with Gasteiger partial charge in [-0.15, -0.1) is 0 Å². The highest BCUT2D eigenvalue weighted by Crippen LogP contribution is 2.14. The molecule has 3 rings (SSSR count). The standard InChI is InChI=1S/C21H21F2N3O4/c1-30-21(29)18-8-13-4-2-3-5-14(13)11-26(18)12-20(28)24-10-19(27)25-15-6-7-16(22)17(23)9-15/h2-7,9,18H,8,10-12H2,1H3,(H,24,28)(H,25,27)/p+1/t18-/m1/s1. The molecule has 30 heavy (non-hydrogen) atoms. The van der Waals surface area contributed by atoms with Gasteiger partial charge in [0, 0.05) is 23.7 Å². The number of ether oxygens (including phenoxy) is 1. The van der Waals surface area contributed by atoms with E-state index in [1.165, 1.54) is 13.2 Å². The number of esters is 1. The van der Waals surface area contributed by atoms with Crippen LogP contribution in [0.25, 0.3) is 0 Å². The highest BCUT2D eigenvalue weighted by molar-refractivity contribution is 5.94. The van der Waals surface area contributed by atoms with Crippen molar-refractivity contribution < 1.29 is 32.8 Å². The number of benzene rings is 2. The summed E-state index contributed by atoms with van der Waals surface area (Å²) in [5, 5.41) is 4.86. The summed E-state index contributed by atoms with van der Waals surface area (Å²) in [4.78, 5) is 37.2. The molecule has 0 saturated carbocycles. The van der Waals surface area contributed by atoms with Gasteiger partial charge >= 0.3 is 5.97 Å². The zero-order valence-corrected chi connectivity index (χ0v) is 16.3. The van der Waals surface area contributed by atoms with Crippen LogP contribution in [0.4, 0.5) is 14.5 Å². The topological polar surface area (TPSA) is 88.9 Å². The number of hydrogen-bond acceptors (Lipinski definition) is 4. The Hall–Kier alpha value is -3.33. The van der Waals surface area contributed by atoms with E-state index in [9.17, 15) is 23.2 Å². The van der Waals surface area contributed by atoms with Crippen molar-refractivity contribution in [3.8, 4) is 0 Å². The van der Waals surface area contributed by atoms with Crippen LogP contribution in [0.2, 0.25) is 0 Å². The molecule has 2 atom stereocenters. The number of methoxy groups -OCH3 is 1. The summed E-state index contributed by atoms with van der Waals surface area (Å²) in [6.07, 6.45) is 0.460. The number of nitrogens with one attached hydrogen (secondary N) is 3. The lowest BCUT2D eigenvalue weighted by Crippen LogP contribution is -3.17. The number of rotatable bonds is 6. The van der Waals surface area contributed by atoms with Crippen LogP contribution in [-0.4, -0.2) is 44.0 Å². The third kappa shape index (κ3) is 5.18. The van der Waals surface area contributed by atoms with Gasteiger partial charge in [-0.3, -0.25) is 9.59 Å². The molecule has 3 N–H and O–H groups in total. The number of fused-ring (bicyclic) bond motifs is 1. The third-order valence-corrected chi connectivity index (χ3v) is 4.98. The molecule has 1 heterocycles. The van der Waals surface area contributed by atoms with E-state index in [1.807, 2.05) is 24.3 Å². The molecule has 7 nitrogen and oxygen atoms in total. The molecular formula is C21H22F2N3O4+. The van der Waals surface area contributed by atoms with Crippen LogP contribution in [0.5, 0.6) is 0 Å². The first-order chi connectivity index (χ1) is 14.4. The maximum atomic E-state index is 13.2. The molecule has 2 aromatic carbocycles. The number of halogens is 2. The van der Waals surface area contributed by atoms with E-state index in [-0.39, 0.29) is 18.8 Å². The minimum absolute atomic E-state index is 0.0213. The molecule has 0 aliphatic carbocycles. The quantitative estimate of drug-likeness (QED) is 0.585. The van der Waals surface area contributed by atoms with Gasteiger partial charge in [-0.25, -0.2) is 13.6 Å². The molecule has 158 valence electrons. The largest absolute Gasteiger partial charge is 0.465 e. The van der Waals surface area contributed by atoms with Gasteiger partial charge in [-0.1, -0.05) is 24.3 Å². The first kappa shape index (κ1) is 21.4. The Morgan fingerprint density at radius 2 is 1.80 bits per heavy atom. The average Bonchev–Trinajstić information content (AvgIpc) is 2.74. The van der Waals surface area contributed by atoms with Crippen LogP contribution in [0, 0.1) is 11.6 Å². The second-order valence-electron chi connectivity index (χ2n) is 7.01. The third-order valence-electron chi connectivity index (χ3n) is 4.98. The van der Waals surface area contributed by atoms with Gasteiger partial charge in [0.05, 0.1) is 13.7 Å². The molecule has 2 aromatic rings. The van der Waals surface area contributed by atoms with Crippen molar-refractivity contribution in [1.29, 1.82) is 0 Å². The van der Waals surface area contributed by atoms with E-state index in [2.05, 4.69) is 10.6 Å². The lowest BCUT2D eigenvalue weighted by atomic mass is 9.94. The lowest BCUT2D eigenvalue weighted by Gasteiger charge is -2.31. The number of carbonyl (C=O) groups is 3. The monoisotopic (exact) mass is 418 g/mol. The van der Waals surface area contributed by atoms with Crippen molar-refractivity contribution >= 4 is 23.5 Å². The molecule has 0 aromatic heterocycles. The van der Waals surface area contributed by atoms with E-state index in [1.54, 1.807) is 0 Å². The smallest absolute Gasteiger partial charge is 0.365 e. The second kappa shape index (κ2) is 9.45. The zero-order chi connectivity index (χ0) is 21.7. The first-order valence-corrected chi connectivity index (χ1v) is 9.38. The summed E-state index contributed by atoms with van der Waals surface area (Å²) in [5.74, 6) is -3.51. The maximum absolute atomic E-state index is 13.2. The van der Waals surface area contributed by atoms with E-state index in [4.69, 9.17) is 4.74 Å². The van der Waals surface area contributed by atoms with Crippen LogP contribution in [-0.2, 0) is 32.1 Å². The molecular weight excluding hydrogens is 396 g/mol. The molecule has 0 spiro atoms. The molecule has 0 fully saturated rings. The summed E-state index contributed by atoms with van der Waals surface area (Å²) >= 11 is 0. The summed E-state index contributed by atoms with van der Waals surface area (Å²) in [7, 11) is 1.31. The Labute approximate surface area is 172 Å². The van der Waals surface area contributed by atoms with Gasteiger partial charge in [-0.2, -0.15) is 0 Å². The average molecular weight is 418 g/mol. The molecule has 1 unspecified atom stereocenters. The fraction of sp³-hybridized carbons (Fsp3) is 0.286. The van der Waals surface area contributed by atoms with Gasteiger partial charge in [-0.05, 0) is 17.7 Å². The van der Waals surface area contributed by atoms with E-state index in [0.29, 0.717) is 13.0 Å². The van der Waals surface area contributed by atoms with Gasteiger partial charge < -0.3 is 20.3 Å². The normalized spacial score (nSPS) is 17.6. The molecule has 2 amide bonds. The highest BCUT2D eigenvalue weighted by atomic mass is 19.2. The van der Waals surface area contributed by atoms with E-state index < -0.39 is 35.5 Å². The van der Waals surface area contributed by atoms with Gasteiger partial charge in [0.1, 0.15) is 6.54 Å². The Balaban J connectivity index is 1.56. The number of amides is 2. The van der Waals surface area contributed by atoms with Crippen LogP contribution < -0.4 is 15.5 Å². The van der Waals surface area contributed by atoms with Crippen molar-refractivity contribution in [3.05, 3.63) is 65.2 Å². The Morgan fingerprint density at radius 3 is 2.50 bits per heavy atom. The second-order valence-corrected chi connectivity index (χ2v) is 7.01. The maximum Gasteiger partial charge on any atom is 0.365 e. The van der Waals surface area contributed by atoms with Crippen LogP contribution in [0.3, 0.4) is 0 Å². The summed E-state index contributed by atoms with van der Waals surface area (Å²) in [5.41, 5.74) is 2.18. The number of quaternary nitrogens is 1. The molecule has 0 radical (unpaired) electrons. The predicted molar refractivity (Wildman–Crippen MR) is 103 cm³/mol. The van der Waals surface area contributed by atoms with Crippen LogP contribution >= 0.6 is 0 Å². The molecule has 9 heteroatoms. The number of anilines is 1. The fourth-order valence-corrected chi connectivity index (χ4v) is 3.47. The summed E-state index contributed by atoms with van der Waals surface area (Å²) in [6, 6.07) is 10.1. The summed E-state index contributed by atoms with van der Waals surface area (Å²) < 4.78 is 31.0. The van der Waals surface area contributed by atoms with Crippen molar-refractivity contribution in [2.45, 2.75) is 19.0 Å².